The topological polar surface area (TPSA) is 84.0 Å². The fraction of sp³-hybridized carbons (Fsp3) is 0.688. The molecule has 0 radical (unpaired) electrons. The van der Waals surface area contributed by atoms with Crippen molar-refractivity contribution in [3.8, 4) is 12.1 Å². The summed E-state index contributed by atoms with van der Waals surface area (Å²) in [4.78, 5) is 4.88. The molecule has 21 heavy (non-hydrogen) atoms. The molecule has 1 saturated carbocycles. The van der Waals surface area contributed by atoms with E-state index in [2.05, 4.69) is 36.6 Å². The van der Waals surface area contributed by atoms with Crippen LogP contribution in [-0.2, 0) is 0 Å². The van der Waals surface area contributed by atoms with Gasteiger partial charge in [-0.05, 0) is 26.2 Å². The molecule has 1 heterocycles. The van der Waals surface area contributed by atoms with Gasteiger partial charge >= 0.3 is 0 Å². The van der Waals surface area contributed by atoms with Crippen LogP contribution in [0.25, 0.3) is 0 Å². The summed E-state index contributed by atoms with van der Waals surface area (Å²) < 4.78 is 0. The minimum Gasteiger partial charge on any atom is -0.362 e. The smallest absolute Gasteiger partial charge is 0.153 e. The van der Waals surface area contributed by atoms with Gasteiger partial charge in [-0.3, -0.25) is 4.99 Å². The summed E-state index contributed by atoms with van der Waals surface area (Å²) in [6, 6.07) is 4.46. The van der Waals surface area contributed by atoms with Crippen LogP contribution < -0.4 is 10.6 Å². The molecule has 2 rings (SSSR count). The molecular formula is C16H23N5. The van der Waals surface area contributed by atoms with Crippen LogP contribution in [0.5, 0.6) is 0 Å². The molecule has 5 heteroatoms. The minimum atomic E-state index is -0.391. The highest BCUT2D eigenvalue weighted by Crippen LogP contribution is 2.25. The van der Waals surface area contributed by atoms with Crippen LogP contribution in [0.2, 0.25) is 0 Å². The molecule has 1 aliphatic carbocycles. The predicted octanol–water partition coefficient (Wildman–Crippen LogP) is 2.73. The number of allylic oxidation sites excluding steroid dienone is 2. The molecule has 0 aromatic rings. The molecule has 0 saturated heterocycles. The van der Waals surface area contributed by atoms with Gasteiger partial charge in [-0.2, -0.15) is 10.5 Å². The summed E-state index contributed by atoms with van der Waals surface area (Å²) in [7, 11) is 0. The lowest BCUT2D eigenvalue weighted by atomic mass is 9.90. The second-order valence-electron chi connectivity index (χ2n) is 6.08. The van der Waals surface area contributed by atoms with Gasteiger partial charge in [0.2, 0.25) is 0 Å². The molecule has 112 valence electrons. The molecule has 5 nitrogen and oxygen atoms in total. The third-order valence-electron chi connectivity index (χ3n) is 4.28. The Morgan fingerprint density at radius 3 is 2.43 bits per heavy atom. The number of rotatable bonds is 3. The lowest BCUT2D eigenvalue weighted by Gasteiger charge is -2.38. The van der Waals surface area contributed by atoms with E-state index in [9.17, 15) is 10.5 Å². The highest BCUT2D eigenvalue weighted by Gasteiger charge is 2.36. The molecular weight excluding hydrogens is 262 g/mol. The van der Waals surface area contributed by atoms with Gasteiger partial charge in [0.1, 0.15) is 23.7 Å². The molecule has 0 amide bonds. The van der Waals surface area contributed by atoms with Crippen LogP contribution in [0, 0.1) is 22.7 Å². The first kappa shape index (κ1) is 15.4. The van der Waals surface area contributed by atoms with Gasteiger partial charge in [-0.15, -0.1) is 0 Å². The average molecular weight is 285 g/mol. The minimum absolute atomic E-state index is 0.278. The van der Waals surface area contributed by atoms with Crippen molar-refractivity contribution in [1.82, 2.24) is 10.6 Å². The summed E-state index contributed by atoms with van der Waals surface area (Å²) in [5.74, 6) is 0.812. The standard InChI is InChI=1S/C16H23N5/c1-3-9-16(2)15(19-12-7-5-4-6-8-12)20-13(10-17)14(11-18)21-16/h12,21H,3-9H2,1-2H3,(H,19,20). The lowest BCUT2D eigenvalue weighted by Crippen LogP contribution is -2.58. The maximum Gasteiger partial charge on any atom is 0.153 e. The van der Waals surface area contributed by atoms with E-state index in [1.54, 1.807) is 0 Å². The highest BCUT2D eigenvalue weighted by atomic mass is 15.2. The van der Waals surface area contributed by atoms with Crippen molar-refractivity contribution >= 4 is 5.84 Å². The van der Waals surface area contributed by atoms with E-state index >= 15 is 0 Å². The third kappa shape index (κ3) is 3.36. The number of aliphatic imine (C=N–C) groups is 1. The third-order valence-corrected chi connectivity index (χ3v) is 4.28. The zero-order chi connectivity index (χ0) is 15.3. The molecule has 0 spiro atoms. The normalized spacial score (nSPS) is 28.5. The van der Waals surface area contributed by atoms with Crippen LogP contribution in [0.4, 0.5) is 0 Å². The summed E-state index contributed by atoms with van der Waals surface area (Å²) in [5, 5.41) is 24.7. The Hall–Kier alpha value is -2.01. The van der Waals surface area contributed by atoms with Crippen molar-refractivity contribution in [2.24, 2.45) is 4.99 Å². The van der Waals surface area contributed by atoms with Crippen molar-refractivity contribution in [3.63, 3.8) is 0 Å². The Morgan fingerprint density at radius 1 is 1.19 bits per heavy atom. The first-order valence-electron chi connectivity index (χ1n) is 7.81. The monoisotopic (exact) mass is 285 g/mol. The molecule has 2 aliphatic rings. The maximum absolute atomic E-state index is 9.20. The van der Waals surface area contributed by atoms with Gasteiger partial charge < -0.3 is 10.6 Å². The van der Waals surface area contributed by atoms with E-state index in [0.29, 0.717) is 11.7 Å². The molecule has 1 fully saturated rings. The van der Waals surface area contributed by atoms with Gasteiger partial charge in [0, 0.05) is 0 Å². The number of nitrogens with one attached hydrogen (secondary N) is 2. The van der Waals surface area contributed by atoms with Crippen molar-refractivity contribution in [2.75, 3.05) is 0 Å². The first-order chi connectivity index (χ1) is 10.1. The van der Waals surface area contributed by atoms with Gasteiger partial charge in [-0.1, -0.05) is 32.6 Å². The molecule has 1 unspecified atom stereocenters. The Kier molecular flexibility index (Phi) is 4.85. The zero-order valence-corrected chi connectivity index (χ0v) is 12.9. The van der Waals surface area contributed by atoms with E-state index in [4.69, 9.17) is 4.99 Å². The van der Waals surface area contributed by atoms with E-state index < -0.39 is 5.54 Å². The number of hydrogen-bond acceptors (Lipinski definition) is 4. The average Bonchev–Trinajstić information content (AvgIpc) is 2.50. The van der Waals surface area contributed by atoms with E-state index in [1.165, 1.54) is 19.3 Å². The highest BCUT2D eigenvalue weighted by molar-refractivity contribution is 5.95. The fourth-order valence-corrected chi connectivity index (χ4v) is 3.13. The molecule has 0 aromatic heterocycles. The quantitative estimate of drug-likeness (QED) is 0.835. The lowest BCUT2D eigenvalue weighted by molar-refractivity contribution is 0.421. The van der Waals surface area contributed by atoms with Crippen LogP contribution in [0.15, 0.2) is 16.4 Å². The summed E-state index contributed by atoms with van der Waals surface area (Å²) in [6.07, 6.45) is 7.83. The SMILES string of the molecule is CCCC1(C)NC(C#N)=C(C#N)NC1=NC1CCCCC1. The fourth-order valence-electron chi connectivity index (χ4n) is 3.13. The van der Waals surface area contributed by atoms with Crippen LogP contribution in [0.3, 0.4) is 0 Å². The second-order valence-corrected chi connectivity index (χ2v) is 6.08. The van der Waals surface area contributed by atoms with E-state index in [0.717, 1.165) is 31.5 Å². The van der Waals surface area contributed by atoms with Crippen LogP contribution >= 0.6 is 0 Å². The van der Waals surface area contributed by atoms with Crippen molar-refractivity contribution in [2.45, 2.75) is 70.4 Å². The number of hydrogen-bond donors (Lipinski definition) is 2. The molecule has 1 aliphatic heterocycles. The molecule has 0 bridgehead atoms. The van der Waals surface area contributed by atoms with Gasteiger partial charge in [-0.25, -0.2) is 0 Å². The van der Waals surface area contributed by atoms with Crippen LogP contribution in [-0.4, -0.2) is 17.4 Å². The Morgan fingerprint density at radius 2 is 1.86 bits per heavy atom. The maximum atomic E-state index is 9.20. The second kappa shape index (κ2) is 6.63. The summed E-state index contributed by atoms with van der Waals surface area (Å²) in [6.45, 7) is 4.16. The van der Waals surface area contributed by atoms with Crippen LogP contribution in [0.1, 0.15) is 58.8 Å². The zero-order valence-electron chi connectivity index (χ0n) is 12.9. The van der Waals surface area contributed by atoms with Gasteiger partial charge in [0.25, 0.3) is 0 Å². The molecule has 2 N–H and O–H groups in total. The number of amidine groups is 1. The Bertz CT molecular complexity index is 528. The van der Waals surface area contributed by atoms with E-state index in [-0.39, 0.29) is 5.70 Å². The van der Waals surface area contributed by atoms with Crippen molar-refractivity contribution < 1.29 is 0 Å². The van der Waals surface area contributed by atoms with Crippen molar-refractivity contribution in [1.29, 1.82) is 10.5 Å². The predicted molar refractivity (Wildman–Crippen MR) is 82.1 cm³/mol. The Labute approximate surface area is 126 Å². The van der Waals surface area contributed by atoms with Gasteiger partial charge in [0.15, 0.2) is 5.70 Å². The number of nitriles is 2. The van der Waals surface area contributed by atoms with E-state index in [1.807, 2.05) is 0 Å². The summed E-state index contributed by atoms with van der Waals surface area (Å²) >= 11 is 0. The number of nitrogens with zero attached hydrogens (tertiary/aromatic N) is 3. The molecule has 1 atom stereocenters. The molecule has 0 aromatic carbocycles. The van der Waals surface area contributed by atoms with Crippen molar-refractivity contribution in [3.05, 3.63) is 11.4 Å². The first-order valence-corrected chi connectivity index (χ1v) is 7.81. The Balaban J connectivity index is 2.32. The summed E-state index contributed by atoms with van der Waals surface area (Å²) in [5.41, 5.74) is 0.203. The van der Waals surface area contributed by atoms with Gasteiger partial charge in [0.05, 0.1) is 11.6 Å². The largest absolute Gasteiger partial charge is 0.362 e.